The molecule has 0 aliphatic heterocycles. The number of rotatable bonds is 4. The minimum Gasteiger partial charge on any atom is -0.497 e. The highest BCUT2D eigenvalue weighted by molar-refractivity contribution is 5.72. The number of benzene rings is 2. The molecule has 0 amide bonds. The van der Waals surface area contributed by atoms with Crippen LogP contribution in [0.2, 0.25) is 0 Å². The van der Waals surface area contributed by atoms with Crippen molar-refractivity contribution in [3.05, 3.63) is 67.0 Å². The van der Waals surface area contributed by atoms with Crippen LogP contribution < -0.4 is 9.47 Å². The molecule has 110 valence electrons. The van der Waals surface area contributed by atoms with Crippen LogP contribution in [0.1, 0.15) is 0 Å². The van der Waals surface area contributed by atoms with Crippen molar-refractivity contribution in [2.45, 2.75) is 0 Å². The van der Waals surface area contributed by atoms with Gasteiger partial charge in [-0.3, -0.25) is 4.98 Å². The molecule has 2 aromatic carbocycles. The van der Waals surface area contributed by atoms with Crippen LogP contribution in [0, 0.1) is 0 Å². The van der Waals surface area contributed by atoms with Gasteiger partial charge in [-0.2, -0.15) is 0 Å². The molecule has 0 aliphatic carbocycles. The Morgan fingerprint density at radius 1 is 0.636 bits per heavy atom. The van der Waals surface area contributed by atoms with Gasteiger partial charge in [-0.1, -0.05) is 24.3 Å². The molecule has 3 nitrogen and oxygen atoms in total. The highest BCUT2D eigenvalue weighted by Crippen LogP contribution is 2.28. The summed E-state index contributed by atoms with van der Waals surface area (Å²) in [6.45, 7) is 0. The van der Waals surface area contributed by atoms with Crippen molar-refractivity contribution in [1.29, 1.82) is 0 Å². The summed E-state index contributed by atoms with van der Waals surface area (Å²) in [4.78, 5) is 4.37. The molecule has 1 heterocycles. The van der Waals surface area contributed by atoms with E-state index in [1.807, 2.05) is 48.8 Å². The largest absolute Gasteiger partial charge is 0.497 e. The third-order valence-electron chi connectivity index (χ3n) is 3.54. The van der Waals surface area contributed by atoms with Crippen molar-refractivity contribution in [2.75, 3.05) is 14.2 Å². The van der Waals surface area contributed by atoms with Crippen molar-refractivity contribution >= 4 is 0 Å². The van der Waals surface area contributed by atoms with E-state index in [0.29, 0.717) is 0 Å². The van der Waals surface area contributed by atoms with Gasteiger partial charge < -0.3 is 9.47 Å². The van der Waals surface area contributed by atoms with Crippen LogP contribution in [0.4, 0.5) is 0 Å². The number of hydrogen-bond donors (Lipinski definition) is 0. The topological polar surface area (TPSA) is 31.4 Å². The van der Waals surface area contributed by atoms with Gasteiger partial charge in [0.1, 0.15) is 11.5 Å². The molecule has 0 fully saturated rings. The molecular formula is C19H17NO2. The summed E-state index contributed by atoms with van der Waals surface area (Å²) in [5.41, 5.74) is 4.27. The van der Waals surface area contributed by atoms with E-state index in [9.17, 15) is 0 Å². The highest BCUT2D eigenvalue weighted by Gasteiger charge is 2.04. The van der Waals surface area contributed by atoms with Gasteiger partial charge in [0.25, 0.3) is 0 Å². The Kier molecular flexibility index (Phi) is 4.05. The third kappa shape index (κ3) is 2.93. The first kappa shape index (κ1) is 14.1. The van der Waals surface area contributed by atoms with E-state index in [1.165, 1.54) is 0 Å². The fourth-order valence-electron chi connectivity index (χ4n) is 2.36. The van der Waals surface area contributed by atoms with Crippen LogP contribution in [-0.4, -0.2) is 19.2 Å². The standard InChI is InChI=1S/C19H17NO2/c1-21-18-7-3-5-14(10-18)16-9-17(13-20-12-16)15-6-4-8-19(11-15)22-2/h3-13H,1-2H3. The second-order valence-corrected chi connectivity index (χ2v) is 4.93. The van der Waals surface area contributed by atoms with Crippen molar-refractivity contribution < 1.29 is 9.47 Å². The summed E-state index contributed by atoms with van der Waals surface area (Å²) in [5, 5.41) is 0. The fraction of sp³-hybridized carbons (Fsp3) is 0.105. The number of nitrogens with zero attached hydrogens (tertiary/aromatic N) is 1. The number of ether oxygens (including phenoxy) is 2. The zero-order valence-corrected chi connectivity index (χ0v) is 12.6. The Hall–Kier alpha value is -2.81. The second-order valence-electron chi connectivity index (χ2n) is 4.93. The SMILES string of the molecule is COc1cccc(-c2cncc(-c3cccc(OC)c3)c2)c1. The summed E-state index contributed by atoms with van der Waals surface area (Å²) >= 11 is 0. The van der Waals surface area contributed by atoms with Crippen molar-refractivity contribution in [3.63, 3.8) is 0 Å². The summed E-state index contributed by atoms with van der Waals surface area (Å²) in [7, 11) is 3.34. The Bertz CT molecular complexity index is 721. The van der Waals surface area contributed by atoms with E-state index in [0.717, 1.165) is 33.8 Å². The Morgan fingerprint density at radius 3 is 1.59 bits per heavy atom. The quantitative estimate of drug-likeness (QED) is 0.712. The first-order valence-corrected chi connectivity index (χ1v) is 7.04. The van der Waals surface area contributed by atoms with E-state index in [-0.39, 0.29) is 0 Å². The van der Waals surface area contributed by atoms with Crippen LogP contribution >= 0.6 is 0 Å². The van der Waals surface area contributed by atoms with E-state index < -0.39 is 0 Å². The zero-order valence-electron chi connectivity index (χ0n) is 12.6. The van der Waals surface area contributed by atoms with Crippen LogP contribution in [0.3, 0.4) is 0 Å². The van der Waals surface area contributed by atoms with Crippen molar-refractivity contribution in [1.82, 2.24) is 4.98 Å². The Balaban J connectivity index is 2.01. The zero-order chi connectivity index (χ0) is 15.4. The minimum absolute atomic E-state index is 0.837. The number of pyridine rings is 1. The van der Waals surface area contributed by atoms with Crippen molar-refractivity contribution in [2.24, 2.45) is 0 Å². The smallest absolute Gasteiger partial charge is 0.119 e. The molecule has 0 spiro atoms. The number of aromatic nitrogens is 1. The highest BCUT2D eigenvalue weighted by atomic mass is 16.5. The Labute approximate surface area is 130 Å². The molecule has 3 rings (SSSR count). The first-order valence-electron chi connectivity index (χ1n) is 7.04. The lowest BCUT2D eigenvalue weighted by atomic mass is 10.0. The molecule has 0 atom stereocenters. The van der Waals surface area contributed by atoms with Gasteiger partial charge in [0.2, 0.25) is 0 Å². The summed E-state index contributed by atoms with van der Waals surface area (Å²) < 4.78 is 10.6. The lowest BCUT2D eigenvalue weighted by molar-refractivity contribution is 0.415. The third-order valence-corrected chi connectivity index (χ3v) is 3.54. The van der Waals surface area contributed by atoms with E-state index in [1.54, 1.807) is 14.2 Å². The van der Waals surface area contributed by atoms with Crippen LogP contribution in [0.15, 0.2) is 67.0 Å². The lowest BCUT2D eigenvalue weighted by Gasteiger charge is -2.08. The van der Waals surface area contributed by atoms with E-state index >= 15 is 0 Å². The van der Waals surface area contributed by atoms with Gasteiger partial charge in [0.15, 0.2) is 0 Å². The average molecular weight is 291 g/mol. The molecule has 3 heteroatoms. The predicted molar refractivity (Wildman–Crippen MR) is 88.2 cm³/mol. The monoisotopic (exact) mass is 291 g/mol. The molecule has 0 saturated carbocycles. The van der Waals surface area contributed by atoms with Gasteiger partial charge in [-0.15, -0.1) is 0 Å². The normalized spacial score (nSPS) is 10.3. The predicted octanol–water partition coefficient (Wildman–Crippen LogP) is 4.43. The lowest BCUT2D eigenvalue weighted by Crippen LogP contribution is -1.87. The van der Waals surface area contributed by atoms with E-state index in [4.69, 9.17) is 9.47 Å². The van der Waals surface area contributed by atoms with Gasteiger partial charge in [0, 0.05) is 23.5 Å². The fourth-order valence-corrected chi connectivity index (χ4v) is 2.36. The molecule has 0 unspecified atom stereocenters. The molecule has 0 radical (unpaired) electrons. The maximum atomic E-state index is 5.28. The van der Waals surface area contributed by atoms with Crippen LogP contribution in [-0.2, 0) is 0 Å². The summed E-state index contributed by atoms with van der Waals surface area (Å²) in [6.07, 6.45) is 3.72. The number of methoxy groups -OCH3 is 2. The van der Waals surface area contributed by atoms with Gasteiger partial charge >= 0.3 is 0 Å². The summed E-state index contributed by atoms with van der Waals surface area (Å²) in [5.74, 6) is 1.67. The van der Waals surface area contributed by atoms with Crippen LogP contribution in [0.25, 0.3) is 22.3 Å². The molecule has 0 bridgehead atoms. The Morgan fingerprint density at radius 2 is 1.14 bits per heavy atom. The first-order chi connectivity index (χ1) is 10.8. The minimum atomic E-state index is 0.837. The molecule has 0 saturated heterocycles. The van der Waals surface area contributed by atoms with Crippen molar-refractivity contribution in [3.8, 4) is 33.8 Å². The number of hydrogen-bond acceptors (Lipinski definition) is 3. The maximum Gasteiger partial charge on any atom is 0.119 e. The van der Waals surface area contributed by atoms with Gasteiger partial charge in [-0.25, -0.2) is 0 Å². The molecular weight excluding hydrogens is 274 g/mol. The molecule has 22 heavy (non-hydrogen) atoms. The maximum absolute atomic E-state index is 5.28. The summed E-state index contributed by atoms with van der Waals surface area (Å²) in [6, 6.07) is 18.1. The molecule has 0 N–H and O–H groups in total. The molecule has 0 aliphatic rings. The van der Waals surface area contributed by atoms with Gasteiger partial charge in [-0.05, 0) is 41.5 Å². The molecule has 1 aromatic heterocycles. The van der Waals surface area contributed by atoms with E-state index in [2.05, 4.69) is 23.2 Å². The molecule has 3 aromatic rings. The van der Waals surface area contributed by atoms with Crippen LogP contribution in [0.5, 0.6) is 11.5 Å². The average Bonchev–Trinajstić information content (AvgIpc) is 2.62. The van der Waals surface area contributed by atoms with Gasteiger partial charge in [0.05, 0.1) is 14.2 Å². The second kappa shape index (κ2) is 6.31.